The smallest absolute Gasteiger partial charge is 0.274 e. The number of sulfonamides is 1. The molecule has 0 radical (unpaired) electrons. The average molecular weight is 273 g/mol. The van der Waals surface area contributed by atoms with Crippen LogP contribution < -0.4 is 4.72 Å². The normalized spacial score (nSPS) is 22.1. The molecule has 0 amide bonds. The van der Waals surface area contributed by atoms with Crippen molar-refractivity contribution in [2.24, 2.45) is 10.8 Å². The van der Waals surface area contributed by atoms with Crippen molar-refractivity contribution in [2.45, 2.75) is 45.4 Å². The summed E-state index contributed by atoms with van der Waals surface area (Å²) < 4.78 is 31.9. The van der Waals surface area contributed by atoms with E-state index in [0.29, 0.717) is 0 Å². The molecule has 0 aromatic carbocycles. The molecule has 6 heteroatoms. The van der Waals surface area contributed by atoms with Gasteiger partial charge in [-0.3, -0.25) is 0 Å². The van der Waals surface area contributed by atoms with Gasteiger partial charge in [0.25, 0.3) is 10.0 Å². The lowest BCUT2D eigenvalue weighted by atomic mass is 10.0. The van der Waals surface area contributed by atoms with E-state index in [1.807, 2.05) is 27.7 Å². The van der Waals surface area contributed by atoms with Crippen LogP contribution in [-0.4, -0.2) is 19.6 Å². The third kappa shape index (κ3) is 1.88. The van der Waals surface area contributed by atoms with E-state index in [9.17, 15) is 8.42 Å². The predicted octanol–water partition coefficient (Wildman–Crippen LogP) is 1.48. The van der Waals surface area contributed by atoms with Crippen LogP contribution in [0.25, 0.3) is 0 Å². The molecule has 1 fully saturated rings. The van der Waals surface area contributed by atoms with Crippen molar-refractivity contribution in [3.8, 4) is 0 Å². The third-order valence-electron chi connectivity index (χ3n) is 4.35. The SMILES string of the molecule is CC1(C)C(NS(=O)(=O)c2ccc(CO)o2)C1(C)C. The Morgan fingerprint density at radius 1 is 1.28 bits per heavy atom. The average Bonchev–Trinajstić information content (AvgIpc) is 2.68. The maximum Gasteiger partial charge on any atom is 0.274 e. The number of aliphatic hydroxyl groups is 1. The molecule has 1 saturated carbocycles. The lowest BCUT2D eigenvalue weighted by molar-refractivity contribution is 0.236. The monoisotopic (exact) mass is 273 g/mol. The van der Waals surface area contributed by atoms with E-state index in [4.69, 9.17) is 9.52 Å². The summed E-state index contributed by atoms with van der Waals surface area (Å²) in [5, 5.41) is 8.72. The molecule has 5 nitrogen and oxygen atoms in total. The zero-order chi connectivity index (χ0) is 13.8. The van der Waals surface area contributed by atoms with Crippen LogP contribution in [-0.2, 0) is 16.6 Å². The first-order valence-electron chi connectivity index (χ1n) is 5.85. The van der Waals surface area contributed by atoms with Gasteiger partial charge in [-0.05, 0) is 23.0 Å². The maximum absolute atomic E-state index is 12.1. The quantitative estimate of drug-likeness (QED) is 0.871. The van der Waals surface area contributed by atoms with Gasteiger partial charge in [-0.2, -0.15) is 0 Å². The lowest BCUT2D eigenvalue weighted by Gasteiger charge is -2.05. The summed E-state index contributed by atoms with van der Waals surface area (Å²) in [6, 6.07) is 2.70. The van der Waals surface area contributed by atoms with Crippen LogP contribution in [0.5, 0.6) is 0 Å². The van der Waals surface area contributed by atoms with Crippen molar-refractivity contribution >= 4 is 10.0 Å². The van der Waals surface area contributed by atoms with Gasteiger partial charge in [-0.1, -0.05) is 27.7 Å². The fourth-order valence-corrected chi connectivity index (χ4v) is 3.77. The number of hydrogen-bond donors (Lipinski definition) is 2. The molecule has 1 aliphatic rings. The molecule has 1 aliphatic carbocycles. The number of nitrogens with one attached hydrogen (secondary N) is 1. The molecule has 0 spiro atoms. The zero-order valence-electron chi connectivity index (χ0n) is 11.0. The van der Waals surface area contributed by atoms with Gasteiger partial charge in [0, 0.05) is 6.04 Å². The minimum Gasteiger partial charge on any atom is -0.446 e. The van der Waals surface area contributed by atoms with E-state index in [1.165, 1.54) is 12.1 Å². The predicted molar refractivity (Wildman–Crippen MR) is 66.3 cm³/mol. The minimum absolute atomic E-state index is 0.0769. The molecule has 0 saturated heterocycles. The first-order chi connectivity index (χ1) is 8.13. The standard InChI is InChI=1S/C12H19NO4S/c1-11(2)10(12(11,3)4)13-18(15,16)9-6-5-8(7-14)17-9/h5-6,10,13-14H,7H2,1-4H3. The largest absolute Gasteiger partial charge is 0.446 e. The molecular formula is C12H19NO4S. The summed E-state index contributed by atoms with van der Waals surface area (Å²) >= 11 is 0. The topological polar surface area (TPSA) is 79.5 Å². The Balaban J connectivity index is 2.19. The Morgan fingerprint density at radius 2 is 1.83 bits per heavy atom. The molecule has 18 heavy (non-hydrogen) atoms. The second-order valence-corrected chi connectivity index (χ2v) is 7.52. The minimum atomic E-state index is -3.66. The highest BCUT2D eigenvalue weighted by Crippen LogP contribution is 2.62. The molecule has 0 atom stereocenters. The Morgan fingerprint density at radius 3 is 2.22 bits per heavy atom. The number of aliphatic hydroxyl groups excluding tert-OH is 1. The van der Waals surface area contributed by atoms with Crippen molar-refractivity contribution < 1.29 is 17.9 Å². The van der Waals surface area contributed by atoms with Crippen molar-refractivity contribution in [3.63, 3.8) is 0 Å². The van der Waals surface area contributed by atoms with E-state index >= 15 is 0 Å². The molecule has 0 unspecified atom stereocenters. The number of hydrogen-bond acceptors (Lipinski definition) is 4. The van der Waals surface area contributed by atoms with Gasteiger partial charge in [0.05, 0.1) is 0 Å². The van der Waals surface area contributed by atoms with Gasteiger partial charge in [0.1, 0.15) is 12.4 Å². The number of furan rings is 1. The van der Waals surface area contributed by atoms with Crippen LogP contribution in [0.15, 0.2) is 21.6 Å². The van der Waals surface area contributed by atoms with Crippen LogP contribution in [0.4, 0.5) is 0 Å². The molecule has 0 bridgehead atoms. The van der Waals surface area contributed by atoms with Crippen LogP contribution in [0.1, 0.15) is 33.5 Å². The molecular weight excluding hydrogens is 254 g/mol. The van der Waals surface area contributed by atoms with Crippen molar-refractivity contribution in [1.82, 2.24) is 4.72 Å². The Bertz CT molecular complexity index is 542. The van der Waals surface area contributed by atoms with Gasteiger partial charge in [-0.15, -0.1) is 0 Å². The lowest BCUT2D eigenvalue weighted by Crippen LogP contribution is -2.29. The molecule has 0 aliphatic heterocycles. The van der Waals surface area contributed by atoms with E-state index in [2.05, 4.69) is 4.72 Å². The summed E-state index contributed by atoms with van der Waals surface area (Å²) in [5.74, 6) is 0.240. The molecule has 1 aromatic heterocycles. The van der Waals surface area contributed by atoms with Crippen LogP contribution in [0, 0.1) is 10.8 Å². The van der Waals surface area contributed by atoms with Crippen molar-refractivity contribution in [2.75, 3.05) is 0 Å². The maximum atomic E-state index is 12.1. The highest BCUT2D eigenvalue weighted by Gasteiger charge is 2.66. The second-order valence-electron chi connectivity index (χ2n) is 5.88. The first-order valence-corrected chi connectivity index (χ1v) is 7.33. The third-order valence-corrected chi connectivity index (χ3v) is 5.65. The van der Waals surface area contributed by atoms with Crippen molar-refractivity contribution in [3.05, 3.63) is 17.9 Å². The fourth-order valence-electron chi connectivity index (χ4n) is 2.29. The van der Waals surface area contributed by atoms with Crippen LogP contribution in [0.2, 0.25) is 0 Å². The molecule has 2 rings (SSSR count). The highest BCUT2D eigenvalue weighted by molar-refractivity contribution is 7.89. The van der Waals surface area contributed by atoms with Gasteiger partial charge in [0.2, 0.25) is 5.09 Å². The Hall–Kier alpha value is -0.850. The van der Waals surface area contributed by atoms with E-state index < -0.39 is 10.0 Å². The zero-order valence-corrected chi connectivity index (χ0v) is 11.8. The first kappa shape index (κ1) is 13.6. The van der Waals surface area contributed by atoms with Crippen LogP contribution in [0.3, 0.4) is 0 Å². The van der Waals surface area contributed by atoms with E-state index in [1.54, 1.807) is 0 Å². The molecule has 1 heterocycles. The van der Waals surface area contributed by atoms with Crippen molar-refractivity contribution in [1.29, 1.82) is 0 Å². The van der Waals surface area contributed by atoms with Gasteiger partial charge in [0.15, 0.2) is 0 Å². The summed E-state index contributed by atoms with van der Waals surface area (Å²) in [7, 11) is -3.66. The molecule has 2 N–H and O–H groups in total. The fraction of sp³-hybridized carbons (Fsp3) is 0.667. The van der Waals surface area contributed by atoms with Gasteiger partial charge < -0.3 is 9.52 Å². The summed E-state index contributed by atoms with van der Waals surface area (Å²) in [4.78, 5) is 0. The summed E-state index contributed by atoms with van der Waals surface area (Å²) in [5.41, 5.74) is -0.154. The van der Waals surface area contributed by atoms with E-state index in [0.717, 1.165) is 0 Å². The van der Waals surface area contributed by atoms with Crippen LogP contribution >= 0.6 is 0 Å². The Labute approximate surface area is 107 Å². The van der Waals surface area contributed by atoms with Gasteiger partial charge >= 0.3 is 0 Å². The Kier molecular flexibility index (Phi) is 2.88. The van der Waals surface area contributed by atoms with Gasteiger partial charge in [-0.25, -0.2) is 13.1 Å². The second kappa shape index (κ2) is 3.82. The molecule has 102 valence electrons. The number of rotatable bonds is 4. The molecule has 1 aromatic rings. The highest BCUT2D eigenvalue weighted by atomic mass is 32.2. The summed E-state index contributed by atoms with van der Waals surface area (Å²) in [6.45, 7) is 7.81. The van der Waals surface area contributed by atoms with E-state index in [-0.39, 0.29) is 34.3 Å². The summed E-state index contributed by atoms with van der Waals surface area (Å²) in [6.07, 6.45) is 0.